The third kappa shape index (κ3) is 3.87. The Hall–Kier alpha value is -1.10. The molecule has 0 saturated carbocycles. The highest BCUT2D eigenvalue weighted by molar-refractivity contribution is 5.81. The monoisotopic (exact) mass is 215 g/mol. The maximum Gasteiger partial charge on any atom is 0.305 e. The summed E-state index contributed by atoms with van der Waals surface area (Å²) < 4.78 is 5.21. The second kappa shape index (κ2) is 5.70. The fraction of sp³-hybridized carbons (Fsp3) is 0.800. The molecular weight excluding hydrogens is 198 g/mol. The summed E-state index contributed by atoms with van der Waals surface area (Å²) >= 11 is 0. The zero-order chi connectivity index (χ0) is 11.3. The molecule has 1 aliphatic rings. The van der Waals surface area contributed by atoms with Gasteiger partial charge in [0.15, 0.2) is 0 Å². The molecule has 0 bridgehead atoms. The largest absolute Gasteiger partial charge is 0.481 e. The van der Waals surface area contributed by atoms with E-state index in [-0.39, 0.29) is 24.5 Å². The number of amides is 1. The van der Waals surface area contributed by atoms with E-state index in [1.54, 1.807) is 0 Å². The molecule has 1 saturated heterocycles. The average molecular weight is 215 g/mol. The van der Waals surface area contributed by atoms with Gasteiger partial charge in [-0.3, -0.25) is 9.59 Å². The number of hydrogen-bond donors (Lipinski definition) is 2. The molecule has 0 radical (unpaired) electrons. The van der Waals surface area contributed by atoms with Gasteiger partial charge in [-0.05, 0) is 19.3 Å². The lowest BCUT2D eigenvalue weighted by atomic mass is 10.1. The molecule has 0 spiro atoms. The molecule has 0 aromatic heterocycles. The van der Waals surface area contributed by atoms with Gasteiger partial charge in [0.25, 0.3) is 0 Å². The van der Waals surface area contributed by atoms with Crippen molar-refractivity contribution >= 4 is 11.9 Å². The predicted molar refractivity (Wildman–Crippen MR) is 53.4 cm³/mol. The quantitative estimate of drug-likeness (QED) is 0.701. The van der Waals surface area contributed by atoms with E-state index in [1.165, 1.54) is 0 Å². The van der Waals surface area contributed by atoms with Crippen LogP contribution in [0.4, 0.5) is 0 Å². The summed E-state index contributed by atoms with van der Waals surface area (Å²) in [5.41, 5.74) is 0. The molecule has 1 heterocycles. The first-order chi connectivity index (χ1) is 7.13. The van der Waals surface area contributed by atoms with Crippen molar-refractivity contribution in [3.8, 4) is 0 Å². The Balaban J connectivity index is 2.36. The average Bonchev–Trinajstić information content (AvgIpc) is 2.68. The Kier molecular flexibility index (Phi) is 4.55. The first-order valence-electron chi connectivity index (χ1n) is 5.27. The zero-order valence-electron chi connectivity index (χ0n) is 8.86. The van der Waals surface area contributed by atoms with Crippen molar-refractivity contribution in [2.24, 2.45) is 0 Å². The van der Waals surface area contributed by atoms with Crippen LogP contribution in [0.5, 0.6) is 0 Å². The van der Waals surface area contributed by atoms with Crippen molar-refractivity contribution < 1.29 is 19.4 Å². The number of ether oxygens (including phenoxy) is 1. The molecule has 1 amide bonds. The molecule has 1 fully saturated rings. The number of rotatable bonds is 5. The number of nitrogens with one attached hydrogen (secondary N) is 1. The number of aliphatic carboxylic acids is 1. The molecule has 0 aromatic carbocycles. The van der Waals surface area contributed by atoms with Crippen LogP contribution < -0.4 is 5.32 Å². The summed E-state index contributed by atoms with van der Waals surface area (Å²) in [5, 5.41) is 11.3. The molecule has 15 heavy (non-hydrogen) atoms. The molecule has 86 valence electrons. The van der Waals surface area contributed by atoms with Gasteiger partial charge in [0.2, 0.25) is 5.91 Å². The lowest BCUT2D eigenvalue weighted by molar-refractivity contribution is -0.138. The fourth-order valence-corrected chi connectivity index (χ4v) is 1.59. The molecule has 2 N–H and O–H groups in total. The first kappa shape index (κ1) is 12.0. The van der Waals surface area contributed by atoms with Crippen LogP contribution in [0, 0.1) is 0 Å². The standard InChI is InChI=1S/C10H17NO4/c1-2-7(6-9(12)13)11-10(14)8-4-3-5-15-8/h7-8H,2-6H2,1H3,(H,11,14)(H,12,13). The number of carboxylic acid groups (broad SMARTS) is 1. The lowest BCUT2D eigenvalue weighted by Crippen LogP contribution is -2.41. The molecule has 2 atom stereocenters. The number of carbonyl (C=O) groups excluding carboxylic acids is 1. The van der Waals surface area contributed by atoms with Gasteiger partial charge in [0, 0.05) is 12.6 Å². The lowest BCUT2D eigenvalue weighted by Gasteiger charge is -2.17. The summed E-state index contributed by atoms with van der Waals surface area (Å²) in [6.45, 7) is 2.47. The van der Waals surface area contributed by atoms with Crippen LogP contribution >= 0.6 is 0 Å². The zero-order valence-corrected chi connectivity index (χ0v) is 8.86. The van der Waals surface area contributed by atoms with Gasteiger partial charge in [-0.25, -0.2) is 0 Å². The summed E-state index contributed by atoms with van der Waals surface area (Å²) in [6, 6.07) is -0.292. The Morgan fingerprint density at radius 1 is 1.60 bits per heavy atom. The molecule has 1 aliphatic heterocycles. The normalized spacial score (nSPS) is 22.3. The van der Waals surface area contributed by atoms with Crippen molar-refractivity contribution in [2.45, 2.75) is 44.8 Å². The van der Waals surface area contributed by atoms with Crippen molar-refractivity contribution in [3.05, 3.63) is 0 Å². The topological polar surface area (TPSA) is 75.6 Å². The first-order valence-corrected chi connectivity index (χ1v) is 5.27. The van der Waals surface area contributed by atoms with Gasteiger partial charge in [-0.2, -0.15) is 0 Å². The minimum absolute atomic E-state index is 0.0328. The van der Waals surface area contributed by atoms with Crippen molar-refractivity contribution in [3.63, 3.8) is 0 Å². The molecule has 5 heteroatoms. The molecule has 5 nitrogen and oxygen atoms in total. The van der Waals surface area contributed by atoms with Crippen molar-refractivity contribution in [1.82, 2.24) is 5.32 Å². The van der Waals surface area contributed by atoms with Crippen LogP contribution in [0.2, 0.25) is 0 Å². The van der Waals surface area contributed by atoms with Gasteiger partial charge in [-0.1, -0.05) is 6.92 Å². The third-order valence-electron chi connectivity index (χ3n) is 2.48. The number of carboxylic acids is 1. The van der Waals surface area contributed by atoms with E-state index in [4.69, 9.17) is 9.84 Å². The van der Waals surface area contributed by atoms with E-state index in [9.17, 15) is 9.59 Å². The Morgan fingerprint density at radius 2 is 2.33 bits per heavy atom. The van der Waals surface area contributed by atoms with Crippen LogP contribution in [0.25, 0.3) is 0 Å². The summed E-state index contributed by atoms with van der Waals surface area (Å²) in [6.07, 6.45) is 1.83. The van der Waals surface area contributed by atoms with Crippen LogP contribution in [0.15, 0.2) is 0 Å². The van der Waals surface area contributed by atoms with E-state index >= 15 is 0 Å². The number of carbonyl (C=O) groups is 2. The fourth-order valence-electron chi connectivity index (χ4n) is 1.59. The summed E-state index contributed by atoms with van der Waals surface area (Å²) in [7, 11) is 0. The van der Waals surface area contributed by atoms with E-state index in [1.807, 2.05) is 6.92 Å². The highest BCUT2D eigenvalue weighted by atomic mass is 16.5. The highest BCUT2D eigenvalue weighted by Crippen LogP contribution is 2.12. The smallest absolute Gasteiger partial charge is 0.305 e. The van der Waals surface area contributed by atoms with Gasteiger partial charge in [0.05, 0.1) is 6.42 Å². The van der Waals surface area contributed by atoms with Crippen LogP contribution in [0.3, 0.4) is 0 Å². The van der Waals surface area contributed by atoms with Crippen LogP contribution in [-0.4, -0.2) is 35.7 Å². The second-order valence-corrected chi connectivity index (χ2v) is 3.71. The molecule has 0 aromatic rings. The van der Waals surface area contributed by atoms with Crippen LogP contribution in [-0.2, 0) is 14.3 Å². The summed E-state index contributed by atoms with van der Waals surface area (Å²) in [4.78, 5) is 22.1. The Morgan fingerprint density at radius 3 is 2.80 bits per heavy atom. The summed E-state index contributed by atoms with van der Waals surface area (Å²) in [5.74, 6) is -1.07. The van der Waals surface area contributed by atoms with Gasteiger partial charge >= 0.3 is 5.97 Å². The van der Waals surface area contributed by atoms with Gasteiger partial charge < -0.3 is 15.2 Å². The van der Waals surface area contributed by atoms with Gasteiger partial charge in [-0.15, -0.1) is 0 Å². The van der Waals surface area contributed by atoms with Crippen LogP contribution in [0.1, 0.15) is 32.6 Å². The molecular formula is C10H17NO4. The predicted octanol–water partition coefficient (Wildman–Crippen LogP) is 0.535. The van der Waals surface area contributed by atoms with E-state index in [0.717, 1.165) is 12.8 Å². The molecule has 1 rings (SSSR count). The van der Waals surface area contributed by atoms with E-state index in [0.29, 0.717) is 13.0 Å². The van der Waals surface area contributed by atoms with E-state index in [2.05, 4.69) is 5.32 Å². The van der Waals surface area contributed by atoms with Crippen molar-refractivity contribution in [2.75, 3.05) is 6.61 Å². The maximum atomic E-state index is 11.6. The minimum Gasteiger partial charge on any atom is -0.481 e. The highest BCUT2D eigenvalue weighted by Gasteiger charge is 2.25. The minimum atomic E-state index is -0.894. The van der Waals surface area contributed by atoms with E-state index < -0.39 is 5.97 Å². The van der Waals surface area contributed by atoms with Crippen molar-refractivity contribution in [1.29, 1.82) is 0 Å². The van der Waals surface area contributed by atoms with Gasteiger partial charge in [0.1, 0.15) is 6.10 Å². The third-order valence-corrected chi connectivity index (χ3v) is 2.48. The maximum absolute atomic E-state index is 11.6. The number of hydrogen-bond acceptors (Lipinski definition) is 3. The SMILES string of the molecule is CCC(CC(=O)O)NC(=O)C1CCCO1. The molecule has 0 aliphatic carbocycles. The Labute approximate surface area is 88.8 Å². The second-order valence-electron chi connectivity index (χ2n) is 3.71. The molecule has 2 unspecified atom stereocenters. The Bertz CT molecular complexity index is 236.